The predicted molar refractivity (Wildman–Crippen MR) is 138 cm³/mol. The maximum Gasteiger partial charge on any atom is 0.242 e. The Labute approximate surface area is 209 Å². The van der Waals surface area contributed by atoms with Crippen LogP contribution in [-0.4, -0.2) is 35.6 Å². The first-order valence-electron chi connectivity index (χ1n) is 10.6. The van der Waals surface area contributed by atoms with Gasteiger partial charge in [0.15, 0.2) is 0 Å². The van der Waals surface area contributed by atoms with Crippen LogP contribution in [0, 0.1) is 0 Å². The molecule has 1 atom stereocenters. The molecule has 4 nitrogen and oxygen atoms in total. The van der Waals surface area contributed by atoms with Gasteiger partial charge in [-0.05, 0) is 41.0 Å². The van der Waals surface area contributed by atoms with Crippen LogP contribution in [0.25, 0.3) is 0 Å². The van der Waals surface area contributed by atoms with Crippen molar-refractivity contribution in [2.24, 2.45) is 0 Å². The predicted octanol–water partition coefficient (Wildman–Crippen LogP) is 5.61. The number of thioether (sulfide) groups is 1. The van der Waals surface area contributed by atoms with E-state index in [0.29, 0.717) is 28.8 Å². The van der Waals surface area contributed by atoms with Gasteiger partial charge in [0.2, 0.25) is 11.8 Å². The lowest BCUT2D eigenvalue weighted by Gasteiger charge is -2.31. The Hall–Kier alpha value is -2.47. The average Bonchev–Trinajstić information content (AvgIpc) is 2.83. The lowest BCUT2D eigenvalue weighted by Crippen LogP contribution is -2.50. The summed E-state index contributed by atoms with van der Waals surface area (Å²) in [5.41, 5.74) is 3.00. The fourth-order valence-corrected chi connectivity index (χ4v) is 4.55. The summed E-state index contributed by atoms with van der Waals surface area (Å²) in [5.74, 6) is 0.664. The first kappa shape index (κ1) is 25.2. The van der Waals surface area contributed by atoms with Crippen molar-refractivity contribution in [2.45, 2.75) is 24.8 Å². The van der Waals surface area contributed by atoms with Crippen LogP contribution in [0.2, 0.25) is 10.0 Å². The van der Waals surface area contributed by atoms with Crippen LogP contribution in [0.3, 0.4) is 0 Å². The minimum atomic E-state index is -0.628. The number of hydrogen-bond acceptors (Lipinski definition) is 3. The van der Waals surface area contributed by atoms with Gasteiger partial charge in [-0.1, -0.05) is 77.8 Å². The van der Waals surface area contributed by atoms with E-state index in [1.54, 1.807) is 24.1 Å². The van der Waals surface area contributed by atoms with E-state index in [2.05, 4.69) is 5.32 Å². The van der Waals surface area contributed by atoms with E-state index in [4.69, 9.17) is 23.2 Å². The summed E-state index contributed by atoms with van der Waals surface area (Å²) in [6.07, 6.45) is 0.432. The molecule has 3 aromatic carbocycles. The lowest BCUT2D eigenvalue weighted by atomic mass is 10.0. The van der Waals surface area contributed by atoms with Gasteiger partial charge in [-0.3, -0.25) is 9.59 Å². The number of halogens is 2. The van der Waals surface area contributed by atoms with Crippen LogP contribution in [0.15, 0.2) is 78.9 Å². The third-order valence-electron chi connectivity index (χ3n) is 5.19. The molecule has 0 spiro atoms. The number of amides is 2. The summed E-state index contributed by atoms with van der Waals surface area (Å²) in [4.78, 5) is 27.9. The van der Waals surface area contributed by atoms with E-state index in [-0.39, 0.29) is 17.6 Å². The third kappa shape index (κ3) is 7.81. The second-order valence-electron chi connectivity index (χ2n) is 7.59. The van der Waals surface area contributed by atoms with Gasteiger partial charge < -0.3 is 10.2 Å². The number of carbonyl (C=O) groups excluding carboxylic acids is 2. The molecule has 2 amide bonds. The van der Waals surface area contributed by atoms with E-state index in [1.165, 1.54) is 11.8 Å². The molecule has 0 saturated carbocycles. The van der Waals surface area contributed by atoms with Crippen LogP contribution in [0.5, 0.6) is 0 Å². The van der Waals surface area contributed by atoms with Crippen LogP contribution in [0.1, 0.15) is 16.7 Å². The zero-order valence-corrected chi connectivity index (χ0v) is 20.7. The molecule has 0 aliphatic rings. The summed E-state index contributed by atoms with van der Waals surface area (Å²) < 4.78 is 0. The third-order valence-corrected chi connectivity index (χ3v) is 6.68. The van der Waals surface area contributed by atoms with E-state index in [1.807, 2.05) is 66.7 Å². The summed E-state index contributed by atoms with van der Waals surface area (Å²) >= 11 is 13.5. The molecule has 1 N–H and O–H groups in total. The molecule has 33 heavy (non-hydrogen) atoms. The number of nitrogens with one attached hydrogen (secondary N) is 1. The van der Waals surface area contributed by atoms with Crippen molar-refractivity contribution in [2.75, 3.05) is 12.8 Å². The molecule has 172 valence electrons. The first-order valence-corrected chi connectivity index (χ1v) is 12.5. The molecule has 0 aliphatic carbocycles. The Morgan fingerprint density at radius 2 is 1.42 bits per heavy atom. The van der Waals surface area contributed by atoms with Crippen molar-refractivity contribution in [3.05, 3.63) is 106 Å². The molecule has 0 heterocycles. The summed E-state index contributed by atoms with van der Waals surface area (Å²) in [6, 6.07) is 24.0. The van der Waals surface area contributed by atoms with Gasteiger partial charge in [-0.25, -0.2) is 0 Å². The second-order valence-corrected chi connectivity index (χ2v) is 9.45. The number of likely N-dealkylation sites (N-methyl/N-ethyl adjacent to an activating group) is 1. The van der Waals surface area contributed by atoms with Gasteiger partial charge in [0.1, 0.15) is 6.04 Å². The van der Waals surface area contributed by atoms with Gasteiger partial charge >= 0.3 is 0 Å². The molecule has 3 rings (SSSR count). The maximum absolute atomic E-state index is 13.4. The molecule has 0 fully saturated rings. The van der Waals surface area contributed by atoms with Crippen LogP contribution in [-0.2, 0) is 28.3 Å². The number of hydrogen-bond donors (Lipinski definition) is 1. The highest BCUT2D eigenvalue weighted by molar-refractivity contribution is 7.99. The molecule has 0 radical (unpaired) electrons. The highest BCUT2D eigenvalue weighted by Gasteiger charge is 2.29. The Bertz CT molecular complexity index is 1040. The number of carbonyl (C=O) groups is 2. The summed E-state index contributed by atoms with van der Waals surface area (Å²) in [5, 5.41) is 4.04. The van der Waals surface area contributed by atoms with Crippen molar-refractivity contribution < 1.29 is 9.59 Å². The molecular weight excluding hydrogens is 475 g/mol. The van der Waals surface area contributed by atoms with Gasteiger partial charge in [-0.15, -0.1) is 11.8 Å². The Balaban J connectivity index is 1.79. The van der Waals surface area contributed by atoms with Crippen molar-refractivity contribution in [3.63, 3.8) is 0 Å². The monoisotopic (exact) mass is 500 g/mol. The minimum absolute atomic E-state index is 0.0894. The van der Waals surface area contributed by atoms with Crippen LogP contribution in [0.4, 0.5) is 0 Å². The summed E-state index contributed by atoms with van der Waals surface area (Å²) in [7, 11) is 1.60. The molecule has 0 unspecified atom stereocenters. The maximum atomic E-state index is 13.4. The first-order chi connectivity index (χ1) is 16.0. The fourth-order valence-electron chi connectivity index (χ4n) is 3.43. The molecule has 0 aliphatic heterocycles. The van der Waals surface area contributed by atoms with Gasteiger partial charge in [0.25, 0.3) is 0 Å². The van der Waals surface area contributed by atoms with Crippen LogP contribution >= 0.6 is 35.0 Å². The van der Waals surface area contributed by atoms with Crippen molar-refractivity contribution in [1.29, 1.82) is 0 Å². The molecule has 3 aromatic rings. The topological polar surface area (TPSA) is 49.4 Å². The standard InChI is InChI=1S/C26H26Cl2N2O2S/c1-29-26(32)24(15-19-5-3-2-4-6-19)30(16-20-7-11-22(27)12-8-20)25(31)18-33-17-21-9-13-23(28)14-10-21/h2-14,24H,15-18H2,1H3,(H,29,32)/t24-/m0/s1. The van der Waals surface area contributed by atoms with E-state index < -0.39 is 6.04 Å². The molecular formula is C26H26Cl2N2O2S. The Kier molecular flexibility index (Phi) is 9.67. The van der Waals surface area contributed by atoms with Gasteiger partial charge in [0.05, 0.1) is 5.75 Å². The zero-order valence-electron chi connectivity index (χ0n) is 18.3. The molecule has 7 heteroatoms. The Morgan fingerprint density at radius 3 is 2.00 bits per heavy atom. The van der Waals surface area contributed by atoms with Crippen molar-refractivity contribution in [1.82, 2.24) is 10.2 Å². The van der Waals surface area contributed by atoms with Crippen LogP contribution < -0.4 is 5.32 Å². The van der Waals surface area contributed by atoms with Gasteiger partial charge in [0, 0.05) is 35.8 Å². The largest absolute Gasteiger partial charge is 0.357 e. The molecule has 0 aromatic heterocycles. The van der Waals surface area contributed by atoms with Gasteiger partial charge in [-0.2, -0.15) is 0 Å². The quantitative estimate of drug-likeness (QED) is 0.393. The molecule has 0 bridgehead atoms. The highest BCUT2D eigenvalue weighted by Crippen LogP contribution is 2.20. The van der Waals surface area contributed by atoms with E-state index in [9.17, 15) is 9.59 Å². The molecule has 0 saturated heterocycles. The smallest absolute Gasteiger partial charge is 0.242 e. The SMILES string of the molecule is CNC(=O)[C@H](Cc1ccccc1)N(Cc1ccc(Cl)cc1)C(=O)CSCc1ccc(Cl)cc1. The van der Waals surface area contributed by atoms with E-state index in [0.717, 1.165) is 16.7 Å². The average molecular weight is 501 g/mol. The Morgan fingerprint density at radius 1 is 0.848 bits per heavy atom. The highest BCUT2D eigenvalue weighted by atomic mass is 35.5. The minimum Gasteiger partial charge on any atom is -0.357 e. The lowest BCUT2D eigenvalue weighted by molar-refractivity contribution is -0.139. The summed E-state index contributed by atoms with van der Waals surface area (Å²) in [6.45, 7) is 0.322. The van der Waals surface area contributed by atoms with Crippen molar-refractivity contribution in [3.8, 4) is 0 Å². The van der Waals surface area contributed by atoms with E-state index >= 15 is 0 Å². The number of nitrogens with zero attached hydrogens (tertiary/aromatic N) is 1. The zero-order chi connectivity index (χ0) is 23.6. The number of rotatable bonds is 10. The normalized spacial score (nSPS) is 11.6. The number of benzene rings is 3. The second kappa shape index (κ2) is 12.7. The fraction of sp³-hybridized carbons (Fsp3) is 0.231. The van der Waals surface area contributed by atoms with Crippen molar-refractivity contribution >= 4 is 46.8 Å².